The zero-order valence-electron chi connectivity index (χ0n) is 22.3. The number of carbonyl (C=O) groups excluding carboxylic acids is 2. The monoisotopic (exact) mass is 609 g/mol. The van der Waals surface area contributed by atoms with Crippen LogP contribution in [-0.2, 0) is 32.6 Å². The maximum absolute atomic E-state index is 14.2. The van der Waals surface area contributed by atoms with Gasteiger partial charge in [0.05, 0.1) is 10.6 Å². The molecule has 2 amide bonds. The minimum absolute atomic E-state index is 0.00690. The van der Waals surface area contributed by atoms with Crippen LogP contribution in [0.1, 0.15) is 11.1 Å². The number of amides is 2. The summed E-state index contributed by atoms with van der Waals surface area (Å²) >= 11 is 12.5. The van der Waals surface area contributed by atoms with Crippen LogP contribution in [0.4, 0.5) is 5.69 Å². The van der Waals surface area contributed by atoms with Crippen molar-refractivity contribution in [2.45, 2.75) is 23.9 Å². The summed E-state index contributed by atoms with van der Waals surface area (Å²) in [7, 11) is -2.69. The molecule has 0 spiro atoms. The molecule has 0 aromatic heterocycles. The van der Waals surface area contributed by atoms with Crippen molar-refractivity contribution in [3.05, 3.63) is 130 Å². The quantitative estimate of drug-likeness (QED) is 0.241. The molecule has 0 aliphatic heterocycles. The number of nitrogens with one attached hydrogen (secondary N) is 1. The lowest BCUT2D eigenvalue weighted by Crippen LogP contribution is -2.53. The lowest BCUT2D eigenvalue weighted by Gasteiger charge is -2.33. The fourth-order valence-corrected chi connectivity index (χ4v) is 6.12. The minimum Gasteiger partial charge on any atom is -0.357 e. The molecule has 0 radical (unpaired) electrons. The summed E-state index contributed by atoms with van der Waals surface area (Å²) < 4.78 is 28.8. The Kier molecular flexibility index (Phi) is 10.0. The van der Waals surface area contributed by atoms with Crippen molar-refractivity contribution in [2.75, 3.05) is 17.9 Å². The fraction of sp³-hybridized carbons (Fsp3) is 0.161. The van der Waals surface area contributed by atoms with Crippen LogP contribution in [0.5, 0.6) is 0 Å². The van der Waals surface area contributed by atoms with E-state index in [1.54, 1.807) is 54.6 Å². The zero-order valence-corrected chi connectivity index (χ0v) is 24.6. The van der Waals surface area contributed by atoms with E-state index in [9.17, 15) is 18.0 Å². The first-order valence-electron chi connectivity index (χ1n) is 12.8. The Bertz CT molecular complexity index is 1580. The molecule has 4 aromatic carbocycles. The van der Waals surface area contributed by atoms with Crippen LogP contribution in [-0.4, -0.2) is 44.8 Å². The molecule has 4 aromatic rings. The van der Waals surface area contributed by atoms with Gasteiger partial charge in [0.2, 0.25) is 11.8 Å². The molecule has 41 heavy (non-hydrogen) atoms. The number of hydrogen-bond donors (Lipinski definition) is 1. The standard InChI is InChI=1S/C31H29Cl2N3O4S/c1-34-31(38)29(20-23-10-4-2-5-11-23)35(21-24-12-8-9-15-28(24)33)30(37)22-36(26-13-6-3-7-14-26)41(39,40)27-18-16-25(32)17-19-27/h2-19,29H,20-22H2,1H3,(H,34,38). The van der Waals surface area contributed by atoms with Crippen LogP contribution in [0.25, 0.3) is 0 Å². The Morgan fingerprint density at radius 3 is 2.00 bits per heavy atom. The van der Waals surface area contributed by atoms with Gasteiger partial charge in [-0.1, -0.05) is 89.9 Å². The van der Waals surface area contributed by atoms with Gasteiger partial charge < -0.3 is 10.2 Å². The number of anilines is 1. The highest BCUT2D eigenvalue weighted by molar-refractivity contribution is 7.92. The van der Waals surface area contributed by atoms with Crippen molar-refractivity contribution in [1.29, 1.82) is 0 Å². The zero-order chi connectivity index (χ0) is 29.4. The van der Waals surface area contributed by atoms with Crippen LogP contribution < -0.4 is 9.62 Å². The van der Waals surface area contributed by atoms with Gasteiger partial charge in [-0.15, -0.1) is 0 Å². The molecule has 0 saturated carbocycles. The summed E-state index contributed by atoms with van der Waals surface area (Å²) in [5.74, 6) is -0.961. The number of nitrogens with zero attached hydrogens (tertiary/aromatic N) is 2. The molecule has 1 N–H and O–H groups in total. The van der Waals surface area contributed by atoms with Gasteiger partial charge in [-0.3, -0.25) is 13.9 Å². The summed E-state index contributed by atoms with van der Waals surface area (Å²) in [6, 6.07) is 29.5. The second kappa shape index (κ2) is 13.7. The molecule has 1 unspecified atom stereocenters. The molecular weight excluding hydrogens is 581 g/mol. The largest absolute Gasteiger partial charge is 0.357 e. The summed E-state index contributed by atoms with van der Waals surface area (Å²) in [5, 5.41) is 3.46. The van der Waals surface area contributed by atoms with Gasteiger partial charge in [0.25, 0.3) is 10.0 Å². The summed E-state index contributed by atoms with van der Waals surface area (Å²) in [6.07, 6.45) is 0.214. The molecule has 0 heterocycles. The van der Waals surface area contributed by atoms with Gasteiger partial charge in [0, 0.05) is 30.1 Å². The predicted octanol–water partition coefficient (Wildman–Crippen LogP) is 5.57. The van der Waals surface area contributed by atoms with E-state index in [2.05, 4.69) is 5.32 Å². The van der Waals surface area contributed by atoms with E-state index in [1.165, 1.54) is 36.2 Å². The van der Waals surface area contributed by atoms with Crippen LogP contribution >= 0.6 is 23.2 Å². The average Bonchev–Trinajstić information content (AvgIpc) is 2.99. The van der Waals surface area contributed by atoms with Crippen molar-refractivity contribution >= 4 is 50.7 Å². The Morgan fingerprint density at radius 2 is 1.39 bits per heavy atom. The average molecular weight is 611 g/mol. The maximum atomic E-state index is 14.2. The highest BCUT2D eigenvalue weighted by Crippen LogP contribution is 2.26. The number of sulfonamides is 1. The molecular formula is C31H29Cl2N3O4S. The lowest BCUT2D eigenvalue weighted by molar-refractivity contribution is -0.139. The van der Waals surface area contributed by atoms with Crippen molar-refractivity contribution in [2.24, 2.45) is 0 Å². The highest BCUT2D eigenvalue weighted by Gasteiger charge is 2.34. The highest BCUT2D eigenvalue weighted by atomic mass is 35.5. The van der Waals surface area contributed by atoms with Crippen LogP contribution in [0, 0.1) is 0 Å². The summed E-state index contributed by atoms with van der Waals surface area (Å²) in [5.41, 5.74) is 1.76. The van der Waals surface area contributed by atoms with Gasteiger partial charge in [-0.25, -0.2) is 8.42 Å². The van der Waals surface area contributed by atoms with Crippen molar-refractivity contribution in [3.63, 3.8) is 0 Å². The summed E-state index contributed by atoms with van der Waals surface area (Å²) in [4.78, 5) is 28.8. The van der Waals surface area contributed by atoms with E-state index in [1.807, 2.05) is 30.3 Å². The predicted molar refractivity (Wildman–Crippen MR) is 162 cm³/mol. The third kappa shape index (κ3) is 7.47. The van der Waals surface area contributed by atoms with Crippen LogP contribution in [0.2, 0.25) is 10.0 Å². The number of likely N-dealkylation sites (N-methyl/N-ethyl adjacent to an activating group) is 1. The van der Waals surface area contributed by atoms with Gasteiger partial charge in [-0.2, -0.15) is 0 Å². The van der Waals surface area contributed by atoms with E-state index >= 15 is 0 Å². The summed E-state index contributed by atoms with van der Waals surface area (Å²) in [6.45, 7) is -0.561. The van der Waals surface area contributed by atoms with Crippen molar-refractivity contribution in [1.82, 2.24) is 10.2 Å². The number of halogens is 2. The third-order valence-electron chi connectivity index (χ3n) is 6.54. The number of hydrogen-bond acceptors (Lipinski definition) is 4. The first kappa shape index (κ1) is 30.1. The van der Waals surface area contributed by atoms with Gasteiger partial charge in [-0.05, 0) is 53.6 Å². The Morgan fingerprint density at radius 1 is 0.805 bits per heavy atom. The van der Waals surface area contributed by atoms with Crippen LogP contribution in [0.3, 0.4) is 0 Å². The second-order valence-electron chi connectivity index (χ2n) is 9.23. The molecule has 4 rings (SSSR count). The second-order valence-corrected chi connectivity index (χ2v) is 11.9. The van der Waals surface area contributed by atoms with Gasteiger partial charge >= 0.3 is 0 Å². The van der Waals surface area contributed by atoms with E-state index in [0.29, 0.717) is 21.3 Å². The SMILES string of the molecule is CNC(=O)C(Cc1ccccc1)N(Cc1ccccc1Cl)C(=O)CN(c1ccccc1)S(=O)(=O)c1ccc(Cl)cc1. The van der Waals surface area contributed by atoms with Crippen molar-refractivity contribution in [3.8, 4) is 0 Å². The fourth-order valence-electron chi connectivity index (χ4n) is 4.39. The number of rotatable bonds is 11. The van der Waals surface area contributed by atoms with E-state index in [-0.39, 0.29) is 23.8 Å². The number of carbonyl (C=O) groups is 2. The molecule has 212 valence electrons. The smallest absolute Gasteiger partial charge is 0.264 e. The number of benzene rings is 4. The first-order valence-corrected chi connectivity index (χ1v) is 15.0. The van der Waals surface area contributed by atoms with Gasteiger partial charge in [0.1, 0.15) is 12.6 Å². The van der Waals surface area contributed by atoms with E-state index < -0.39 is 28.5 Å². The molecule has 0 saturated heterocycles. The molecule has 0 aliphatic carbocycles. The molecule has 0 bridgehead atoms. The molecule has 7 nitrogen and oxygen atoms in total. The topological polar surface area (TPSA) is 86.8 Å². The van der Waals surface area contributed by atoms with E-state index in [4.69, 9.17) is 23.2 Å². The van der Waals surface area contributed by atoms with Crippen LogP contribution in [0.15, 0.2) is 114 Å². The van der Waals surface area contributed by atoms with E-state index in [0.717, 1.165) is 9.87 Å². The Balaban J connectivity index is 1.78. The number of para-hydroxylation sites is 1. The molecule has 1 atom stereocenters. The molecule has 0 fully saturated rings. The first-order chi connectivity index (χ1) is 19.7. The minimum atomic E-state index is -4.19. The molecule has 10 heteroatoms. The van der Waals surface area contributed by atoms with Gasteiger partial charge in [0.15, 0.2) is 0 Å². The third-order valence-corrected chi connectivity index (χ3v) is 8.95. The lowest BCUT2D eigenvalue weighted by atomic mass is 10.0. The molecule has 0 aliphatic rings. The Hall–Kier alpha value is -3.85. The Labute approximate surface area is 250 Å². The maximum Gasteiger partial charge on any atom is 0.264 e. The van der Waals surface area contributed by atoms with Crippen molar-refractivity contribution < 1.29 is 18.0 Å². The normalized spacial score (nSPS) is 11.9.